The summed E-state index contributed by atoms with van der Waals surface area (Å²) in [5, 5.41) is 16.4. The predicted octanol–water partition coefficient (Wildman–Crippen LogP) is 4.35. The standard InChI is InChI=1S/C25H30FN5O5/c1-13-3-5-15(6-4-13)21(29-24(32)17-11-36-30-14(17)2)23-27-18-8-7-16(20(26)22(18)28-23)19-12-35-10-9-31(19)25(33)34/h7-8,11,13,15,19,21H,3-6,9-10,12H2,1-2H3,(H,27,28)(H,29,32)(H,33,34)/t13?,15?,19?,21-/m0/s1. The van der Waals surface area contributed by atoms with E-state index in [0.29, 0.717) is 28.5 Å². The molecule has 0 bridgehead atoms. The first-order valence-corrected chi connectivity index (χ1v) is 12.3. The molecule has 0 radical (unpaired) electrons. The van der Waals surface area contributed by atoms with E-state index in [0.717, 1.165) is 25.7 Å². The lowest BCUT2D eigenvalue weighted by molar-refractivity contribution is -0.00190. The lowest BCUT2D eigenvalue weighted by Crippen LogP contribution is -2.43. The molecule has 2 aromatic heterocycles. The number of aryl methyl sites for hydroxylation is 1. The molecule has 192 valence electrons. The average Bonchev–Trinajstić information content (AvgIpc) is 3.50. The molecule has 10 nitrogen and oxygen atoms in total. The second-order valence-electron chi connectivity index (χ2n) is 9.84. The lowest BCUT2D eigenvalue weighted by atomic mass is 9.79. The van der Waals surface area contributed by atoms with Crippen molar-refractivity contribution in [1.29, 1.82) is 0 Å². The SMILES string of the molecule is Cc1nocc1C(=O)N[C@H](c1nc2c(F)c(C3COCCN3C(=O)O)ccc2[nH]1)C1CCC(C)CC1. The lowest BCUT2D eigenvalue weighted by Gasteiger charge is -2.33. The number of fused-ring (bicyclic) bond motifs is 1. The summed E-state index contributed by atoms with van der Waals surface area (Å²) in [6.45, 7) is 4.43. The van der Waals surface area contributed by atoms with Gasteiger partial charge in [-0.05, 0) is 37.7 Å². The largest absolute Gasteiger partial charge is 0.465 e. The number of imidazole rings is 1. The second-order valence-corrected chi connectivity index (χ2v) is 9.84. The zero-order valence-corrected chi connectivity index (χ0v) is 20.3. The number of halogens is 1. The van der Waals surface area contributed by atoms with E-state index in [1.54, 1.807) is 19.1 Å². The van der Waals surface area contributed by atoms with Crippen LogP contribution in [0.2, 0.25) is 0 Å². The number of aromatic amines is 1. The molecule has 11 heteroatoms. The zero-order chi connectivity index (χ0) is 25.4. The summed E-state index contributed by atoms with van der Waals surface area (Å²) >= 11 is 0. The van der Waals surface area contributed by atoms with Gasteiger partial charge in [0.05, 0.1) is 36.5 Å². The number of ether oxygens (including phenoxy) is 1. The van der Waals surface area contributed by atoms with E-state index >= 15 is 4.39 Å². The number of morpholine rings is 1. The molecule has 3 N–H and O–H groups in total. The molecule has 2 fully saturated rings. The van der Waals surface area contributed by atoms with Gasteiger partial charge in [-0.1, -0.05) is 31.0 Å². The maximum Gasteiger partial charge on any atom is 0.407 e. The fraction of sp³-hybridized carbons (Fsp3) is 0.520. The highest BCUT2D eigenvalue weighted by Gasteiger charge is 2.34. The van der Waals surface area contributed by atoms with Crippen molar-refractivity contribution in [2.75, 3.05) is 19.8 Å². The summed E-state index contributed by atoms with van der Waals surface area (Å²) in [4.78, 5) is 33.8. The number of carboxylic acid groups (broad SMARTS) is 1. The third-order valence-electron chi connectivity index (χ3n) is 7.48. The number of nitrogens with one attached hydrogen (secondary N) is 2. The topological polar surface area (TPSA) is 134 Å². The van der Waals surface area contributed by atoms with Crippen LogP contribution in [0.4, 0.5) is 9.18 Å². The van der Waals surface area contributed by atoms with E-state index in [9.17, 15) is 14.7 Å². The molecule has 1 unspecified atom stereocenters. The van der Waals surface area contributed by atoms with Crippen molar-refractivity contribution in [3.8, 4) is 0 Å². The van der Waals surface area contributed by atoms with Crippen molar-refractivity contribution in [3.63, 3.8) is 0 Å². The molecular weight excluding hydrogens is 469 g/mol. The molecule has 1 aliphatic carbocycles. The van der Waals surface area contributed by atoms with Crippen molar-refractivity contribution >= 4 is 23.0 Å². The Morgan fingerprint density at radius 2 is 2.06 bits per heavy atom. The summed E-state index contributed by atoms with van der Waals surface area (Å²) in [5.41, 5.74) is 1.65. The van der Waals surface area contributed by atoms with Gasteiger partial charge in [0.2, 0.25) is 0 Å². The molecule has 2 atom stereocenters. The van der Waals surface area contributed by atoms with Crippen molar-refractivity contribution in [2.45, 2.75) is 51.6 Å². The molecule has 1 aliphatic heterocycles. The number of rotatable bonds is 5. The molecule has 3 aromatic rings. The molecule has 3 heterocycles. The highest BCUT2D eigenvalue weighted by Crippen LogP contribution is 2.38. The predicted molar refractivity (Wildman–Crippen MR) is 127 cm³/mol. The Balaban J connectivity index is 1.50. The Kier molecular flexibility index (Phi) is 6.65. The van der Waals surface area contributed by atoms with Crippen LogP contribution in [-0.4, -0.2) is 56.9 Å². The maximum absolute atomic E-state index is 15.7. The number of benzene rings is 1. The van der Waals surface area contributed by atoms with E-state index < -0.39 is 24.0 Å². The number of hydrogen-bond donors (Lipinski definition) is 3. The van der Waals surface area contributed by atoms with Crippen LogP contribution in [0.5, 0.6) is 0 Å². The number of carbonyl (C=O) groups excluding carboxylic acids is 1. The Morgan fingerprint density at radius 1 is 1.28 bits per heavy atom. The van der Waals surface area contributed by atoms with Crippen LogP contribution >= 0.6 is 0 Å². The van der Waals surface area contributed by atoms with Crippen LogP contribution < -0.4 is 5.32 Å². The fourth-order valence-electron chi connectivity index (χ4n) is 5.33. The van der Waals surface area contributed by atoms with E-state index in [4.69, 9.17) is 9.26 Å². The minimum atomic E-state index is -1.12. The van der Waals surface area contributed by atoms with E-state index in [1.807, 2.05) is 0 Å². The molecular formula is C25H30FN5O5. The number of aromatic nitrogens is 3. The van der Waals surface area contributed by atoms with Gasteiger partial charge in [0.25, 0.3) is 5.91 Å². The quantitative estimate of drug-likeness (QED) is 0.475. The van der Waals surface area contributed by atoms with Gasteiger partial charge in [-0.25, -0.2) is 14.2 Å². The van der Waals surface area contributed by atoms with Gasteiger partial charge >= 0.3 is 6.09 Å². The van der Waals surface area contributed by atoms with Gasteiger partial charge in [-0.2, -0.15) is 0 Å². The van der Waals surface area contributed by atoms with E-state index in [1.165, 1.54) is 11.2 Å². The Labute approximate surface area is 207 Å². The van der Waals surface area contributed by atoms with Crippen LogP contribution in [0.15, 0.2) is 22.9 Å². The van der Waals surface area contributed by atoms with Crippen molar-refractivity contribution in [2.24, 2.45) is 11.8 Å². The third-order valence-corrected chi connectivity index (χ3v) is 7.48. The second kappa shape index (κ2) is 9.88. The smallest absolute Gasteiger partial charge is 0.407 e. The molecule has 0 spiro atoms. The van der Waals surface area contributed by atoms with Gasteiger partial charge in [0.1, 0.15) is 23.2 Å². The number of amides is 2. The summed E-state index contributed by atoms with van der Waals surface area (Å²) in [5.74, 6) is 0.300. The van der Waals surface area contributed by atoms with Crippen molar-refractivity contribution < 1.29 is 28.3 Å². The fourth-order valence-corrected chi connectivity index (χ4v) is 5.33. The van der Waals surface area contributed by atoms with Gasteiger partial charge in [0.15, 0.2) is 5.82 Å². The Bertz CT molecular complexity index is 1260. The van der Waals surface area contributed by atoms with Gasteiger partial charge in [0, 0.05) is 12.1 Å². The Hall–Kier alpha value is -3.47. The Morgan fingerprint density at radius 3 is 2.75 bits per heavy atom. The van der Waals surface area contributed by atoms with Crippen molar-refractivity contribution in [1.82, 2.24) is 25.3 Å². The summed E-state index contributed by atoms with van der Waals surface area (Å²) in [7, 11) is 0. The molecule has 1 saturated carbocycles. The third kappa shape index (κ3) is 4.55. The number of nitrogens with zero attached hydrogens (tertiary/aromatic N) is 3. The molecule has 5 rings (SSSR count). The first-order chi connectivity index (χ1) is 17.3. The summed E-state index contributed by atoms with van der Waals surface area (Å²) in [6.07, 6.45) is 4.09. The maximum atomic E-state index is 15.7. The normalized spacial score (nSPS) is 23.5. The number of carbonyl (C=O) groups is 2. The monoisotopic (exact) mass is 499 g/mol. The van der Waals surface area contributed by atoms with E-state index in [-0.39, 0.29) is 42.7 Å². The summed E-state index contributed by atoms with van der Waals surface area (Å²) < 4.78 is 26.1. The molecule has 36 heavy (non-hydrogen) atoms. The average molecular weight is 500 g/mol. The van der Waals surface area contributed by atoms with E-state index in [2.05, 4.69) is 27.4 Å². The van der Waals surface area contributed by atoms with Crippen LogP contribution in [-0.2, 0) is 4.74 Å². The minimum absolute atomic E-state index is 0.0725. The van der Waals surface area contributed by atoms with Gasteiger partial charge < -0.3 is 24.7 Å². The van der Waals surface area contributed by atoms with Gasteiger partial charge in [-0.3, -0.25) is 9.69 Å². The van der Waals surface area contributed by atoms with Crippen LogP contribution in [0.3, 0.4) is 0 Å². The van der Waals surface area contributed by atoms with Crippen LogP contribution in [0.25, 0.3) is 11.0 Å². The number of H-pyrrole nitrogens is 1. The summed E-state index contributed by atoms with van der Waals surface area (Å²) in [6, 6.07) is 2.06. The van der Waals surface area contributed by atoms with Gasteiger partial charge in [-0.15, -0.1) is 0 Å². The first-order valence-electron chi connectivity index (χ1n) is 12.3. The van der Waals surface area contributed by atoms with Crippen molar-refractivity contribution in [3.05, 3.63) is 46.9 Å². The highest BCUT2D eigenvalue weighted by molar-refractivity contribution is 5.95. The molecule has 2 aliphatic rings. The minimum Gasteiger partial charge on any atom is -0.465 e. The highest BCUT2D eigenvalue weighted by atomic mass is 19.1. The van der Waals surface area contributed by atoms with Crippen LogP contribution in [0.1, 0.15) is 72.1 Å². The first kappa shape index (κ1) is 24.2. The van der Waals surface area contributed by atoms with Crippen LogP contribution in [0, 0.1) is 24.6 Å². The molecule has 1 saturated heterocycles. The molecule has 2 amide bonds. The zero-order valence-electron chi connectivity index (χ0n) is 20.3. The number of hydrogen-bond acceptors (Lipinski definition) is 6. The molecule has 1 aromatic carbocycles.